The van der Waals surface area contributed by atoms with E-state index in [1.54, 1.807) is 0 Å². The second-order valence-electron chi connectivity index (χ2n) is 4.83. The molecule has 0 bridgehead atoms. The monoisotopic (exact) mass is 266 g/mol. The van der Waals surface area contributed by atoms with Crippen LogP contribution in [0, 0.1) is 6.21 Å². The van der Waals surface area contributed by atoms with Crippen molar-refractivity contribution >= 4 is 22.5 Å². The Hall–Kier alpha value is -2.01. The van der Waals surface area contributed by atoms with Gasteiger partial charge in [-0.2, -0.15) is 4.58 Å². The van der Waals surface area contributed by atoms with Gasteiger partial charge in [-0.1, -0.05) is 0 Å². The number of rotatable bonds is 0. The Morgan fingerprint density at radius 1 is 1.21 bits per heavy atom. The Morgan fingerprint density at radius 2 is 2.16 bits per heavy atom. The molecule has 2 aromatic rings. The molecular formula is C14H10N4S+2. The molecule has 1 atom stereocenters. The van der Waals surface area contributed by atoms with Gasteiger partial charge in [0.05, 0.1) is 6.20 Å². The summed E-state index contributed by atoms with van der Waals surface area (Å²) in [6, 6.07) is 8.32. The first kappa shape index (κ1) is 9.86. The maximum Gasteiger partial charge on any atom is 0.305 e. The van der Waals surface area contributed by atoms with Gasteiger partial charge in [0.1, 0.15) is 0 Å². The van der Waals surface area contributed by atoms with Crippen molar-refractivity contribution in [3.8, 4) is 0 Å². The number of nitrogens with zero attached hydrogens (tertiary/aromatic N) is 4. The molecule has 0 aromatic carbocycles. The molecule has 5 heterocycles. The van der Waals surface area contributed by atoms with Crippen LogP contribution in [0.5, 0.6) is 0 Å². The van der Waals surface area contributed by atoms with Gasteiger partial charge in [0.2, 0.25) is 6.21 Å². The second kappa shape index (κ2) is 3.30. The van der Waals surface area contributed by atoms with Gasteiger partial charge < -0.3 is 0 Å². The van der Waals surface area contributed by atoms with Crippen molar-refractivity contribution in [2.24, 2.45) is 0 Å². The summed E-state index contributed by atoms with van der Waals surface area (Å²) in [5, 5.41) is 7.25. The van der Waals surface area contributed by atoms with Crippen LogP contribution in [0.15, 0.2) is 36.7 Å². The van der Waals surface area contributed by atoms with Crippen molar-refractivity contribution in [3.05, 3.63) is 59.5 Å². The number of hydrogen-bond donors (Lipinski definition) is 0. The van der Waals surface area contributed by atoms with Crippen LogP contribution in [0.4, 0.5) is 0 Å². The molecule has 4 nitrogen and oxygen atoms in total. The summed E-state index contributed by atoms with van der Waals surface area (Å²) in [6.45, 7) is 0.931. The van der Waals surface area contributed by atoms with Gasteiger partial charge in [-0.05, 0) is 39.4 Å². The predicted molar refractivity (Wildman–Crippen MR) is 70.9 cm³/mol. The van der Waals surface area contributed by atoms with Crippen LogP contribution in [0.1, 0.15) is 11.3 Å². The molecule has 0 aliphatic carbocycles. The zero-order valence-electron chi connectivity index (χ0n) is 10.0. The second-order valence-corrected chi connectivity index (χ2v) is 5.96. The highest BCUT2D eigenvalue weighted by atomic mass is 32.2. The third-order valence-corrected chi connectivity index (χ3v) is 5.02. The van der Waals surface area contributed by atoms with Gasteiger partial charge >= 0.3 is 5.35 Å². The first-order chi connectivity index (χ1) is 9.42. The van der Waals surface area contributed by atoms with E-state index in [0.717, 1.165) is 12.2 Å². The van der Waals surface area contributed by atoms with Gasteiger partial charge in [0.25, 0.3) is 10.7 Å². The first-order valence-electron chi connectivity index (χ1n) is 6.26. The molecule has 3 aliphatic rings. The Bertz CT molecular complexity index is 884. The molecule has 0 spiro atoms. The molecule has 0 saturated carbocycles. The highest BCUT2D eigenvalue weighted by Crippen LogP contribution is 2.38. The van der Waals surface area contributed by atoms with E-state index in [4.69, 9.17) is 0 Å². The molecule has 0 radical (unpaired) electrons. The molecule has 0 N–H and O–H groups in total. The first-order valence-corrected chi connectivity index (χ1v) is 7.14. The highest BCUT2D eigenvalue weighted by Gasteiger charge is 2.50. The van der Waals surface area contributed by atoms with Crippen LogP contribution in [0.25, 0.3) is 5.70 Å². The molecule has 90 valence electrons. The number of thioether (sulfide) groups is 1. The normalized spacial score (nSPS) is 21.9. The van der Waals surface area contributed by atoms with Crippen molar-refractivity contribution in [2.45, 2.75) is 11.8 Å². The van der Waals surface area contributed by atoms with Crippen molar-refractivity contribution < 1.29 is 8.93 Å². The van der Waals surface area contributed by atoms with Crippen LogP contribution >= 0.6 is 11.8 Å². The molecule has 5 rings (SSSR count). The minimum atomic E-state index is 0.375. The zero-order valence-corrected chi connectivity index (χ0v) is 10.8. The molecule has 19 heavy (non-hydrogen) atoms. The number of aromatic nitrogens is 3. The molecule has 1 unspecified atom stereocenters. The van der Waals surface area contributed by atoms with Gasteiger partial charge in [-0.3, -0.25) is 0 Å². The predicted octanol–water partition coefficient (Wildman–Crippen LogP) is -0.0159. The van der Waals surface area contributed by atoms with E-state index < -0.39 is 0 Å². The van der Waals surface area contributed by atoms with Gasteiger partial charge in [-0.25, -0.2) is 4.98 Å². The lowest BCUT2D eigenvalue weighted by atomic mass is 10.2. The number of hydrogen-bond acceptors (Lipinski definition) is 3. The summed E-state index contributed by atoms with van der Waals surface area (Å²) in [5.74, 6) is 0. The van der Waals surface area contributed by atoms with Gasteiger partial charge in [0, 0.05) is 17.8 Å². The Morgan fingerprint density at radius 3 is 3.16 bits per heavy atom. The molecule has 3 aliphatic heterocycles. The third-order valence-electron chi connectivity index (χ3n) is 3.78. The summed E-state index contributed by atoms with van der Waals surface area (Å²) in [4.78, 5) is 4.54. The van der Waals surface area contributed by atoms with Crippen LogP contribution in [0.3, 0.4) is 0 Å². The molecular weight excluding hydrogens is 256 g/mol. The van der Waals surface area contributed by atoms with Crippen LogP contribution in [-0.4, -0.2) is 25.0 Å². The van der Waals surface area contributed by atoms with Gasteiger partial charge in [-0.15, -0.1) is 0 Å². The third kappa shape index (κ3) is 1.16. The standard InChI is InChI=1S/C14H10N4S/c1-3-9-7-17-13-10-4-2-6-16-18(10)8-11(13)19-14(17)12(9)15-5-1/h1-6,8,11H,7H2/q+2. The van der Waals surface area contributed by atoms with Crippen LogP contribution in [0.2, 0.25) is 0 Å². The van der Waals surface area contributed by atoms with Crippen molar-refractivity contribution in [2.75, 3.05) is 0 Å². The summed E-state index contributed by atoms with van der Waals surface area (Å²) in [5.41, 5.74) is 3.82. The molecule has 5 heteroatoms. The summed E-state index contributed by atoms with van der Waals surface area (Å²) >= 11 is 1.88. The quantitative estimate of drug-likeness (QED) is 0.629. The maximum absolute atomic E-state index is 4.54. The zero-order chi connectivity index (χ0) is 12.4. The molecule has 2 aromatic heterocycles. The van der Waals surface area contributed by atoms with Gasteiger partial charge in [0.15, 0.2) is 17.5 Å². The average Bonchev–Trinajstić information content (AvgIpc) is 3.05. The van der Waals surface area contributed by atoms with Crippen LogP contribution < -0.4 is 9.71 Å². The topological polar surface area (TPSA) is 34.7 Å². The number of fused-ring (bicyclic) bond motifs is 5. The van der Waals surface area contributed by atoms with E-state index in [0.29, 0.717) is 5.25 Å². The van der Waals surface area contributed by atoms with Crippen LogP contribution in [-0.2, 0) is 6.54 Å². The minimum Gasteiger partial charge on any atom is -0.249 e. The van der Waals surface area contributed by atoms with E-state index in [2.05, 4.69) is 33.0 Å². The molecule has 0 fully saturated rings. The highest BCUT2D eigenvalue weighted by molar-refractivity contribution is 8.15. The van der Waals surface area contributed by atoms with E-state index in [1.165, 1.54) is 21.7 Å². The lowest BCUT2D eigenvalue weighted by Crippen LogP contribution is -2.39. The molecule has 0 amide bonds. The Balaban J connectivity index is 1.82. The van der Waals surface area contributed by atoms with E-state index in [1.807, 2.05) is 40.6 Å². The molecule has 0 saturated heterocycles. The van der Waals surface area contributed by atoms with E-state index in [9.17, 15) is 0 Å². The fraction of sp³-hybridized carbons (Fsp3) is 0.143. The number of pyridine rings is 1. The lowest BCUT2D eigenvalue weighted by molar-refractivity contribution is -0.591. The lowest BCUT2D eigenvalue weighted by Gasteiger charge is -1.96. The Labute approximate surface area is 113 Å². The van der Waals surface area contributed by atoms with Crippen molar-refractivity contribution in [1.29, 1.82) is 0 Å². The van der Waals surface area contributed by atoms with Crippen molar-refractivity contribution in [1.82, 2.24) is 10.1 Å². The minimum absolute atomic E-state index is 0.375. The maximum atomic E-state index is 4.54. The Kier molecular flexibility index (Phi) is 1.71. The SMILES string of the molecule is C1=[n+]2ncccc2=C2C1SC1=[N+]2Cc2cccnc21. The summed E-state index contributed by atoms with van der Waals surface area (Å²) in [6.07, 6.45) is 5.89. The van der Waals surface area contributed by atoms with Crippen molar-refractivity contribution in [3.63, 3.8) is 0 Å². The fourth-order valence-corrected chi connectivity index (χ4v) is 4.35. The van der Waals surface area contributed by atoms with E-state index in [-0.39, 0.29) is 0 Å². The fourth-order valence-electron chi connectivity index (χ4n) is 2.99. The summed E-state index contributed by atoms with van der Waals surface area (Å²) in [7, 11) is 0. The largest absolute Gasteiger partial charge is 0.305 e. The average molecular weight is 266 g/mol. The van der Waals surface area contributed by atoms with E-state index >= 15 is 0 Å². The summed E-state index contributed by atoms with van der Waals surface area (Å²) < 4.78 is 4.38. The smallest absolute Gasteiger partial charge is 0.249 e.